The highest BCUT2D eigenvalue weighted by Gasteiger charge is 2.13. The second-order valence-electron chi connectivity index (χ2n) is 3.20. The third-order valence-electron chi connectivity index (χ3n) is 2.19. The number of pyridine rings is 1. The molecule has 1 heterocycles. The molecule has 1 rings (SSSR count). The van der Waals surface area contributed by atoms with E-state index in [-0.39, 0.29) is 11.5 Å². The van der Waals surface area contributed by atoms with Crippen LogP contribution < -0.4 is 4.90 Å². The van der Waals surface area contributed by atoms with E-state index in [1.165, 1.54) is 17.2 Å². The summed E-state index contributed by atoms with van der Waals surface area (Å²) < 4.78 is 0. The quantitative estimate of drug-likeness (QED) is 0.838. The normalized spacial score (nSPS) is 9.88. The summed E-state index contributed by atoms with van der Waals surface area (Å²) >= 11 is 0. The number of rotatable bonds is 4. The molecule has 0 aliphatic rings. The van der Waals surface area contributed by atoms with Gasteiger partial charge < -0.3 is 5.11 Å². The van der Waals surface area contributed by atoms with Gasteiger partial charge in [0, 0.05) is 19.2 Å². The Labute approximate surface area is 93.7 Å². The van der Waals surface area contributed by atoms with Crippen molar-refractivity contribution in [1.82, 2.24) is 4.98 Å². The molecule has 1 N–H and O–H groups in total. The molecular weight excluding hydrogens is 208 g/mol. The van der Waals surface area contributed by atoms with Crippen molar-refractivity contribution in [3.05, 3.63) is 23.9 Å². The summed E-state index contributed by atoms with van der Waals surface area (Å²) in [6.45, 7) is 4.14. The van der Waals surface area contributed by atoms with Crippen LogP contribution >= 0.6 is 0 Å². The summed E-state index contributed by atoms with van der Waals surface area (Å²) in [6.07, 6.45) is 1.65. The first-order valence-electron chi connectivity index (χ1n) is 5.09. The van der Waals surface area contributed by atoms with E-state index in [0.29, 0.717) is 18.8 Å². The average molecular weight is 222 g/mol. The number of carboxylic acids is 1. The van der Waals surface area contributed by atoms with Gasteiger partial charge in [0.15, 0.2) is 0 Å². The number of carbonyl (C=O) groups is 2. The Bertz CT molecular complexity index is 387. The maximum atomic E-state index is 11.5. The van der Waals surface area contributed by atoms with Gasteiger partial charge in [-0.25, -0.2) is 9.78 Å². The summed E-state index contributed by atoms with van der Waals surface area (Å²) in [6, 6.07) is 2.98. The monoisotopic (exact) mass is 222 g/mol. The highest BCUT2D eigenvalue weighted by molar-refractivity contribution is 5.93. The third-order valence-corrected chi connectivity index (χ3v) is 2.19. The molecule has 0 atom stereocenters. The summed E-state index contributed by atoms with van der Waals surface area (Å²) in [5.41, 5.74) is 0.115. The second-order valence-corrected chi connectivity index (χ2v) is 3.20. The Kier molecular flexibility index (Phi) is 3.99. The summed E-state index contributed by atoms with van der Waals surface area (Å²) in [4.78, 5) is 27.6. The molecular formula is C11H14N2O3. The van der Waals surface area contributed by atoms with Crippen LogP contribution in [0.2, 0.25) is 0 Å². The predicted octanol–water partition coefficient (Wildman–Crippen LogP) is 1.54. The number of hydrogen-bond donors (Lipinski definition) is 1. The lowest BCUT2D eigenvalue weighted by molar-refractivity contribution is -0.118. The maximum absolute atomic E-state index is 11.5. The number of carbonyl (C=O) groups excluding carboxylic acids is 1. The fourth-order valence-corrected chi connectivity index (χ4v) is 1.33. The van der Waals surface area contributed by atoms with Crippen molar-refractivity contribution in [3.63, 3.8) is 0 Å². The van der Waals surface area contributed by atoms with Gasteiger partial charge in [0.25, 0.3) is 0 Å². The van der Waals surface area contributed by atoms with Gasteiger partial charge in [0.05, 0.1) is 5.56 Å². The zero-order valence-corrected chi connectivity index (χ0v) is 9.30. The minimum atomic E-state index is -1.02. The van der Waals surface area contributed by atoms with E-state index in [2.05, 4.69) is 4.98 Å². The number of aromatic carboxylic acids is 1. The van der Waals surface area contributed by atoms with E-state index in [0.717, 1.165) is 0 Å². The van der Waals surface area contributed by atoms with E-state index in [9.17, 15) is 9.59 Å². The van der Waals surface area contributed by atoms with E-state index in [1.54, 1.807) is 13.0 Å². The largest absolute Gasteiger partial charge is 0.478 e. The first-order chi connectivity index (χ1) is 7.60. The zero-order chi connectivity index (χ0) is 12.1. The molecule has 0 radical (unpaired) electrons. The lowest BCUT2D eigenvalue weighted by Gasteiger charge is -2.18. The molecule has 86 valence electrons. The van der Waals surface area contributed by atoms with Crippen LogP contribution in [0, 0.1) is 0 Å². The van der Waals surface area contributed by atoms with Crippen molar-refractivity contribution in [3.8, 4) is 0 Å². The molecule has 0 spiro atoms. The molecule has 0 bridgehead atoms. The van der Waals surface area contributed by atoms with Crippen LogP contribution in [-0.4, -0.2) is 28.5 Å². The van der Waals surface area contributed by atoms with Gasteiger partial charge in [0.1, 0.15) is 5.82 Å². The minimum Gasteiger partial charge on any atom is -0.478 e. The van der Waals surface area contributed by atoms with Crippen LogP contribution in [0.5, 0.6) is 0 Å². The van der Waals surface area contributed by atoms with E-state index in [4.69, 9.17) is 5.11 Å². The fourth-order valence-electron chi connectivity index (χ4n) is 1.33. The minimum absolute atomic E-state index is 0.0296. The molecule has 0 unspecified atom stereocenters. The van der Waals surface area contributed by atoms with Crippen molar-refractivity contribution >= 4 is 17.7 Å². The molecule has 0 fully saturated rings. The second kappa shape index (κ2) is 5.25. The average Bonchev–Trinajstić information content (AvgIpc) is 2.30. The lowest BCUT2D eigenvalue weighted by Crippen LogP contribution is -2.30. The topological polar surface area (TPSA) is 70.5 Å². The third kappa shape index (κ3) is 2.56. The first kappa shape index (κ1) is 12.2. The predicted molar refractivity (Wildman–Crippen MR) is 59.5 cm³/mol. The van der Waals surface area contributed by atoms with Gasteiger partial charge in [-0.2, -0.15) is 0 Å². The van der Waals surface area contributed by atoms with Crippen LogP contribution in [0.4, 0.5) is 5.82 Å². The smallest absolute Gasteiger partial charge is 0.337 e. The zero-order valence-electron chi connectivity index (χ0n) is 9.30. The van der Waals surface area contributed by atoms with Crippen LogP contribution in [0.25, 0.3) is 0 Å². The molecule has 1 amide bonds. The molecule has 0 saturated carbocycles. The fraction of sp³-hybridized carbons (Fsp3) is 0.364. The van der Waals surface area contributed by atoms with Crippen molar-refractivity contribution in [2.24, 2.45) is 0 Å². The Morgan fingerprint density at radius 3 is 2.44 bits per heavy atom. The van der Waals surface area contributed by atoms with Crippen LogP contribution in [0.1, 0.15) is 30.6 Å². The van der Waals surface area contributed by atoms with Crippen LogP contribution in [0.15, 0.2) is 18.3 Å². The van der Waals surface area contributed by atoms with Gasteiger partial charge >= 0.3 is 5.97 Å². The van der Waals surface area contributed by atoms with Gasteiger partial charge in [-0.15, -0.1) is 0 Å². The van der Waals surface area contributed by atoms with E-state index >= 15 is 0 Å². The molecule has 5 nitrogen and oxygen atoms in total. The Morgan fingerprint density at radius 1 is 1.38 bits per heavy atom. The van der Waals surface area contributed by atoms with Gasteiger partial charge in [-0.05, 0) is 19.1 Å². The highest BCUT2D eigenvalue weighted by atomic mass is 16.4. The molecule has 5 heteroatoms. The van der Waals surface area contributed by atoms with Crippen LogP contribution in [-0.2, 0) is 4.79 Å². The van der Waals surface area contributed by atoms with Gasteiger partial charge in [-0.3, -0.25) is 9.69 Å². The molecule has 0 saturated heterocycles. The lowest BCUT2D eigenvalue weighted by atomic mass is 10.2. The van der Waals surface area contributed by atoms with E-state index in [1.807, 2.05) is 6.92 Å². The molecule has 1 aromatic heterocycles. The van der Waals surface area contributed by atoms with Gasteiger partial charge in [0.2, 0.25) is 5.91 Å². The van der Waals surface area contributed by atoms with E-state index < -0.39 is 5.97 Å². The summed E-state index contributed by atoms with van der Waals surface area (Å²) in [5, 5.41) is 8.71. The van der Waals surface area contributed by atoms with Crippen molar-refractivity contribution in [2.75, 3.05) is 11.4 Å². The van der Waals surface area contributed by atoms with Crippen molar-refractivity contribution in [2.45, 2.75) is 20.3 Å². The number of hydrogen-bond acceptors (Lipinski definition) is 3. The number of anilines is 1. The molecule has 0 aliphatic carbocycles. The van der Waals surface area contributed by atoms with Crippen molar-refractivity contribution in [1.29, 1.82) is 0 Å². The highest BCUT2D eigenvalue weighted by Crippen LogP contribution is 2.12. The first-order valence-corrected chi connectivity index (χ1v) is 5.09. The Morgan fingerprint density at radius 2 is 2.06 bits per heavy atom. The summed E-state index contributed by atoms with van der Waals surface area (Å²) in [5.74, 6) is -0.568. The van der Waals surface area contributed by atoms with Crippen LogP contribution in [0.3, 0.4) is 0 Å². The van der Waals surface area contributed by atoms with Crippen molar-refractivity contribution < 1.29 is 14.7 Å². The Hall–Kier alpha value is -1.91. The number of aromatic nitrogens is 1. The number of amides is 1. The maximum Gasteiger partial charge on any atom is 0.337 e. The van der Waals surface area contributed by atoms with Gasteiger partial charge in [-0.1, -0.05) is 6.92 Å². The standard InChI is InChI=1S/C11H14N2O3/c1-3-10(14)13(4-2)9-6-5-8(7-12-9)11(15)16/h5-7H,3-4H2,1-2H3,(H,15,16). The SMILES string of the molecule is CCC(=O)N(CC)c1ccc(C(=O)O)cn1. The molecule has 0 aliphatic heterocycles. The molecule has 1 aromatic rings. The summed E-state index contributed by atoms with van der Waals surface area (Å²) in [7, 11) is 0. The molecule has 0 aromatic carbocycles. The Balaban J connectivity index is 2.95. The molecule has 16 heavy (non-hydrogen) atoms. The number of carboxylic acid groups (broad SMARTS) is 1. The number of nitrogens with zero attached hydrogens (tertiary/aromatic N) is 2.